The molecule has 5 amide bonds. The molecule has 0 radical (unpaired) electrons. The van der Waals surface area contributed by atoms with Gasteiger partial charge in [-0.1, -0.05) is 72.8 Å². The molecule has 0 aliphatic carbocycles. The highest BCUT2D eigenvalue weighted by atomic mass is 32.2. The standard InChI is InChI=1S/C34H45N5O6S/c1-33(2,3)38-31(44)29-34(4,5)46-21-39(29)32(45)28(42)24(19-23-15-10-7-11-16-23)37-30(43)25(20-26(35)40)36-27(41)18-12-17-22-13-8-6-9-14-22/h6-17,24-25,28-29,42H,18-21H2,1-5H3,(H2,35,40)(H,36,41)(H,37,43)(H,38,44)/b17-12+/t24-,25-,28-,29?/m0/s1. The molecule has 6 N–H and O–H groups in total. The molecular weight excluding hydrogens is 606 g/mol. The predicted octanol–water partition coefficient (Wildman–Crippen LogP) is 2.13. The van der Waals surface area contributed by atoms with E-state index in [-0.39, 0.29) is 24.6 Å². The van der Waals surface area contributed by atoms with Crippen molar-refractivity contribution >= 4 is 47.4 Å². The molecule has 0 saturated carbocycles. The Morgan fingerprint density at radius 3 is 2.22 bits per heavy atom. The number of benzene rings is 2. The van der Waals surface area contributed by atoms with Crippen LogP contribution in [0.4, 0.5) is 0 Å². The van der Waals surface area contributed by atoms with Gasteiger partial charge in [0.1, 0.15) is 12.1 Å². The Hall–Kier alpha value is -4.16. The number of carbonyl (C=O) groups excluding carboxylic acids is 5. The lowest BCUT2D eigenvalue weighted by molar-refractivity contribution is -0.148. The molecule has 0 bridgehead atoms. The smallest absolute Gasteiger partial charge is 0.254 e. The van der Waals surface area contributed by atoms with E-state index in [0.29, 0.717) is 0 Å². The van der Waals surface area contributed by atoms with Crippen LogP contribution in [0.15, 0.2) is 66.7 Å². The van der Waals surface area contributed by atoms with Gasteiger partial charge in [-0.05, 0) is 52.2 Å². The van der Waals surface area contributed by atoms with Crippen LogP contribution in [0.3, 0.4) is 0 Å². The maximum atomic E-state index is 13.9. The average molecular weight is 652 g/mol. The summed E-state index contributed by atoms with van der Waals surface area (Å²) in [6.45, 7) is 9.24. The quantitative estimate of drug-likeness (QED) is 0.221. The minimum Gasteiger partial charge on any atom is -0.381 e. The molecule has 11 nitrogen and oxygen atoms in total. The van der Waals surface area contributed by atoms with E-state index >= 15 is 0 Å². The van der Waals surface area contributed by atoms with Crippen LogP contribution in [0.5, 0.6) is 0 Å². The van der Waals surface area contributed by atoms with E-state index in [1.807, 2.05) is 71.0 Å². The predicted molar refractivity (Wildman–Crippen MR) is 179 cm³/mol. The first-order chi connectivity index (χ1) is 21.6. The normalized spacial score (nSPS) is 18.0. The molecule has 1 unspecified atom stereocenters. The monoisotopic (exact) mass is 651 g/mol. The van der Waals surface area contributed by atoms with Gasteiger partial charge in [0, 0.05) is 16.7 Å². The largest absolute Gasteiger partial charge is 0.381 e. The van der Waals surface area contributed by atoms with Crippen molar-refractivity contribution < 1.29 is 29.1 Å². The molecule has 4 atom stereocenters. The number of nitrogens with two attached hydrogens (primary N) is 1. The van der Waals surface area contributed by atoms with Gasteiger partial charge < -0.3 is 31.7 Å². The lowest BCUT2D eigenvalue weighted by atomic mass is 9.96. The van der Waals surface area contributed by atoms with Crippen LogP contribution in [0.25, 0.3) is 6.08 Å². The van der Waals surface area contributed by atoms with E-state index < -0.39 is 64.6 Å². The van der Waals surface area contributed by atoms with Crippen molar-refractivity contribution in [1.29, 1.82) is 0 Å². The van der Waals surface area contributed by atoms with Gasteiger partial charge in [-0.25, -0.2) is 0 Å². The maximum absolute atomic E-state index is 13.9. The van der Waals surface area contributed by atoms with E-state index in [9.17, 15) is 29.1 Å². The summed E-state index contributed by atoms with van der Waals surface area (Å²) in [5, 5.41) is 19.6. The Bertz CT molecular complexity index is 1410. The number of hydrogen-bond donors (Lipinski definition) is 5. The number of primary amides is 1. The van der Waals surface area contributed by atoms with E-state index in [1.165, 1.54) is 16.7 Å². The number of thioether (sulfide) groups is 1. The van der Waals surface area contributed by atoms with Gasteiger partial charge in [0.15, 0.2) is 6.10 Å². The third kappa shape index (κ3) is 10.7. The van der Waals surface area contributed by atoms with Crippen LogP contribution in [0.1, 0.15) is 58.6 Å². The van der Waals surface area contributed by atoms with Crippen LogP contribution in [0.2, 0.25) is 0 Å². The molecule has 1 fully saturated rings. The first kappa shape index (κ1) is 36.3. The fraction of sp³-hybridized carbons (Fsp3) is 0.441. The highest BCUT2D eigenvalue weighted by Gasteiger charge is 2.50. The van der Waals surface area contributed by atoms with E-state index in [4.69, 9.17) is 5.73 Å². The molecule has 2 aromatic rings. The number of aliphatic hydroxyl groups is 1. The first-order valence-corrected chi connectivity index (χ1v) is 16.1. The number of amides is 5. The lowest BCUT2D eigenvalue weighted by Crippen LogP contribution is -2.61. The van der Waals surface area contributed by atoms with Gasteiger partial charge in [-0.3, -0.25) is 24.0 Å². The molecule has 1 saturated heterocycles. The maximum Gasteiger partial charge on any atom is 0.254 e. The fourth-order valence-electron chi connectivity index (χ4n) is 5.12. The van der Waals surface area contributed by atoms with Gasteiger partial charge in [0.05, 0.1) is 18.3 Å². The van der Waals surface area contributed by atoms with E-state index in [1.54, 1.807) is 36.4 Å². The third-order valence-corrected chi connectivity index (χ3v) is 8.68. The molecule has 248 valence electrons. The van der Waals surface area contributed by atoms with Crippen LogP contribution < -0.4 is 21.7 Å². The number of aliphatic hydroxyl groups excluding tert-OH is 1. The van der Waals surface area contributed by atoms with Crippen molar-refractivity contribution in [3.05, 3.63) is 77.9 Å². The molecule has 2 aromatic carbocycles. The van der Waals surface area contributed by atoms with Crippen LogP contribution in [0, 0.1) is 0 Å². The van der Waals surface area contributed by atoms with E-state index in [0.717, 1.165) is 11.1 Å². The Labute approximate surface area is 274 Å². The van der Waals surface area contributed by atoms with Gasteiger partial charge >= 0.3 is 0 Å². The Balaban J connectivity index is 1.81. The van der Waals surface area contributed by atoms with Crippen molar-refractivity contribution in [2.45, 2.75) is 88.4 Å². The van der Waals surface area contributed by atoms with Gasteiger partial charge in [0.2, 0.25) is 23.6 Å². The summed E-state index contributed by atoms with van der Waals surface area (Å²) in [6.07, 6.45) is 1.14. The Morgan fingerprint density at radius 1 is 1.02 bits per heavy atom. The first-order valence-electron chi connectivity index (χ1n) is 15.2. The number of carbonyl (C=O) groups is 5. The van der Waals surface area contributed by atoms with Crippen molar-refractivity contribution in [3.8, 4) is 0 Å². The second-order valence-corrected chi connectivity index (χ2v) is 14.5. The summed E-state index contributed by atoms with van der Waals surface area (Å²) in [5.74, 6) is -3.04. The average Bonchev–Trinajstić information content (AvgIpc) is 3.30. The number of nitrogens with one attached hydrogen (secondary N) is 3. The van der Waals surface area contributed by atoms with Gasteiger partial charge in [-0.15, -0.1) is 11.8 Å². The van der Waals surface area contributed by atoms with Crippen LogP contribution in [-0.2, 0) is 30.4 Å². The number of nitrogens with zero attached hydrogens (tertiary/aromatic N) is 1. The Kier molecular flexibility index (Phi) is 12.6. The highest BCUT2D eigenvalue weighted by Crippen LogP contribution is 2.40. The minimum atomic E-state index is -1.75. The molecule has 1 aliphatic heterocycles. The van der Waals surface area contributed by atoms with Gasteiger partial charge in [0.25, 0.3) is 5.91 Å². The third-order valence-electron chi connectivity index (χ3n) is 7.31. The summed E-state index contributed by atoms with van der Waals surface area (Å²) in [4.78, 5) is 66.7. The van der Waals surface area contributed by atoms with E-state index in [2.05, 4.69) is 16.0 Å². The molecule has 12 heteroatoms. The summed E-state index contributed by atoms with van der Waals surface area (Å²) < 4.78 is -0.644. The highest BCUT2D eigenvalue weighted by molar-refractivity contribution is 8.00. The molecule has 1 heterocycles. The SMILES string of the molecule is CC(C)(C)NC(=O)C1N(C(=O)[C@@H](O)[C@H](Cc2ccccc2)NC(=O)[C@H](CC(N)=O)NC(=O)C/C=C/c2ccccc2)CSC1(C)C. The van der Waals surface area contributed by atoms with Crippen molar-refractivity contribution in [2.24, 2.45) is 5.73 Å². The Morgan fingerprint density at radius 2 is 1.63 bits per heavy atom. The molecule has 0 spiro atoms. The fourth-order valence-corrected chi connectivity index (χ4v) is 6.26. The minimum absolute atomic E-state index is 0.0553. The molecule has 3 rings (SSSR count). The topological polar surface area (TPSA) is 171 Å². The van der Waals surface area contributed by atoms with Crippen LogP contribution in [-0.4, -0.2) is 79.9 Å². The zero-order valence-corrected chi connectivity index (χ0v) is 27.8. The second-order valence-electron chi connectivity index (χ2n) is 12.9. The van der Waals surface area contributed by atoms with Crippen molar-refractivity contribution in [2.75, 3.05) is 5.88 Å². The van der Waals surface area contributed by atoms with Crippen molar-refractivity contribution in [3.63, 3.8) is 0 Å². The zero-order valence-electron chi connectivity index (χ0n) is 27.0. The summed E-state index contributed by atoms with van der Waals surface area (Å²) >= 11 is 1.41. The molecule has 1 aliphatic rings. The summed E-state index contributed by atoms with van der Waals surface area (Å²) in [6, 6.07) is 14.9. The molecular formula is C34H45N5O6S. The molecule has 46 heavy (non-hydrogen) atoms. The number of hydrogen-bond acceptors (Lipinski definition) is 7. The second kappa shape index (κ2) is 15.9. The number of rotatable bonds is 13. The molecule has 0 aromatic heterocycles. The zero-order chi connectivity index (χ0) is 34.1. The summed E-state index contributed by atoms with van der Waals surface area (Å²) in [5.41, 5.74) is 6.47. The van der Waals surface area contributed by atoms with Crippen LogP contribution >= 0.6 is 11.8 Å². The van der Waals surface area contributed by atoms with Gasteiger partial charge in [-0.2, -0.15) is 0 Å². The van der Waals surface area contributed by atoms with Crippen molar-refractivity contribution in [1.82, 2.24) is 20.9 Å². The summed E-state index contributed by atoms with van der Waals surface area (Å²) in [7, 11) is 0. The lowest BCUT2D eigenvalue weighted by Gasteiger charge is -2.35.